The highest BCUT2D eigenvalue weighted by molar-refractivity contribution is 5.91. The van der Waals surface area contributed by atoms with Crippen molar-refractivity contribution in [2.75, 3.05) is 0 Å². The highest BCUT2D eigenvalue weighted by atomic mass is 16.1. The molecule has 0 radical (unpaired) electrons. The Morgan fingerprint density at radius 3 is 2.59 bits per heavy atom. The minimum Gasteiger partial charge on any atom is -0.348 e. The van der Waals surface area contributed by atoms with Gasteiger partial charge in [0, 0.05) is 48.7 Å². The summed E-state index contributed by atoms with van der Waals surface area (Å²) in [5, 5.41) is 11.5. The SMILES string of the molecule is CCn1ncc(/C=C/C(=O)NCc2c(C)nn(C)c2C)c1C. The van der Waals surface area contributed by atoms with Crippen molar-refractivity contribution in [3.8, 4) is 0 Å². The van der Waals surface area contributed by atoms with Gasteiger partial charge in [-0.25, -0.2) is 0 Å². The number of aryl methyl sites for hydroxylation is 3. The Morgan fingerprint density at radius 2 is 2.05 bits per heavy atom. The molecule has 2 aromatic heterocycles. The van der Waals surface area contributed by atoms with Crippen LogP contribution in [0.2, 0.25) is 0 Å². The number of aromatic nitrogens is 4. The Labute approximate surface area is 130 Å². The largest absolute Gasteiger partial charge is 0.348 e. The number of hydrogen-bond donors (Lipinski definition) is 1. The van der Waals surface area contributed by atoms with E-state index in [-0.39, 0.29) is 5.91 Å². The topological polar surface area (TPSA) is 64.7 Å². The fourth-order valence-corrected chi connectivity index (χ4v) is 2.42. The molecule has 2 heterocycles. The molecule has 0 aliphatic heterocycles. The molecule has 6 heteroatoms. The fraction of sp³-hybridized carbons (Fsp3) is 0.438. The molecular formula is C16H23N5O. The van der Waals surface area contributed by atoms with Crippen molar-refractivity contribution in [3.05, 3.63) is 40.5 Å². The zero-order chi connectivity index (χ0) is 16.3. The molecule has 0 aliphatic carbocycles. The molecule has 1 N–H and O–H groups in total. The van der Waals surface area contributed by atoms with Crippen LogP contribution in [0.25, 0.3) is 6.08 Å². The third-order valence-electron chi connectivity index (χ3n) is 3.95. The van der Waals surface area contributed by atoms with E-state index in [0.717, 1.165) is 34.8 Å². The highest BCUT2D eigenvalue weighted by Gasteiger charge is 2.09. The van der Waals surface area contributed by atoms with Crippen LogP contribution in [0.15, 0.2) is 12.3 Å². The summed E-state index contributed by atoms with van der Waals surface area (Å²) < 4.78 is 3.73. The third-order valence-corrected chi connectivity index (χ3v) is 3.95. The Bertz CT molecular complexity index is 708. The van der Waals surface area contributed by atoms with Crippen LogP contribution in [0.4, 0.5) is 0 Å². The number of rotatable bonds is 5. The quantitative estimate of drug-likeness (QED) is 0.858. The summed E-state index contributed by atoms with van der Waals surface area (Å²) in [7, 11) is 1.90. The van der Waals surface area contributed by atoms with Crippen LogP contribution in [-0.4, -0.2) is 25.5 Å². The van der Waals surface area contributed by atoms with E-state index in [1.54, 1.807) is 18.3 Å². The van der Waals surface area contributed by atoms with Gasteiger partial charge in [0.2, 0.25) is 5.91 Å². The lowest BCUT2D eigenvalue weighted by Gasteiger charge is -2.03. The van der Waals surface area contributed by atoms with Crippen LogP contribution in [0.3, 0.4) is 0 Å². The van der Waals surface area contributed by atoms with Gasteiger partial charge in [0.1, 0.15) is 0 Å². The lowest BCUT2D eigenvalue weighted by Crippen LogP contribution is -2.21. The van der Waals surface area contributed by atoms with Crippen molar-refractivity contribution in [1.82, 2.24) is 24.9 Å². The molecular weight excluding hydrogens is 278 g/mol. The van der Waals surface area contributed by atoms with Gasteiger partial charge in [-0.2, -0.15) is 10.2 Å². The molecule has 0 fully saturated rings. The molecule has 22 heavy (non-hydrogen) atoms. The zero-order valence-electron chi connectivity index (χ0n) is 13.8. The van der Waals surface area contributed by atoms with E-state index in [4.69, 9.17) is 0 Å². The number of carbonyl (C=O) groups excluding carboxylic acids is 1. The van der Waals surface area contributed by atoms with Gasteiger partial charge < -0.3 is 5.32 Å². The highest BCUT2D eigenvalue weighted by Crippen LogP contribution is 2.11. The fourth-order valence-electron chi connectivity index (χ4n) is 2.42. The average Bonchev–Trinajstić information content (AvgIpc) is 2.95. The summed E-state index contributed by atoms with van der Waals surface area (Å²) >= 11 is 0. The summed E-state index contributed by atoms with van der Waals surface area (Å²) in [6.07, 6.45) is 5.12. The maximum atomic E-state index is 12.0. The molecule has 0 aliphatic rings. The minimum absolute atomic E-state index is 0.119. The summed E-state index contributed by atoms with van der Waals surface area (Å²) in [5.41, 5.74) is 5.11. The monoisotopic (exact) mass is 301 g/mol. The molecule has 2 aromatic rings. The third kappa shape index (κ3) is 3.27. The Kier molecular flexibility index (Phi) is 4.80. The lowest BCUT2D eigenvalue weighted by molar-refractivity contribution is -0.116. The summed E-state index contributed by atoms with van der Waals surface area (Å²) in [5.74, 6) is -0.119. The van der Waals surface area contributed by atoms with E-state index >= 15 is 0 Å². The van der Waals surface area contributed by atoms with Gasteiger partial charge >= 0.3 is 0 Å². The number of nitrogens with one attached hydrogen (secondary N) is 1. The van der Waals surface area contributed by atoms with E-state index in [2.05, 4.69) is 15.5 Å². The maximum absolute atomic E-state index is 12.0. The first-order valence-electron chi connectivity index (χ1n) is 7.41. The predicted molar refractivity (Wildman–Crippen MR) is 86.2 cm³/mol. The van der Waals surface area contributed by atoms with Crippen LogP contribution >= 0.6 is 0 Å². The van der Waals surface area contributed by atoms with E-state index in [0.29, 0.717) is 6.54 Å². The van der Waals surface area contributed by atoms with E-state index < -0.39 is 0 Å². The van der Waals surface area contributed by atoms with Crippen LogP contribution < -0.4 is 5.32 Å². The second-order valence-corrected chi connectivity index (χ2v) is 5.33. The molecule has 0 bridgehead atoms. The second kappa shape index (κ2) is 6.60. The molecule has 0 aromatic carbocycles. The van der Waals surface area contributed by atoms with Gasteiger partial charge in [-0.05, 0) is 33.8 Å². The minimum atomic E-state index is -0.119. The van der Waals surface area contributed by atoms with Gasteiger partial charge in [-0.15, -0.1) is 0 Å². The number of hydrogen-bond acceptors (Lipinski definition) is 3. The first-order valence-corrected chi connectivity index (χ1v) is 7.41. The van der Waals surface area contributed by atoms with E-state index in [1.165, 1.54) is 0 Å². The van der Waals surface area contributed by atoms with Gasteiger partial charge in [0.05, 0.1) is 11.9 Å². The van der Waals surface area contributed by atoms with Gasteiger partial charge in [-0.3, -0.25) is 14.2 Å². The molecule has 0 atom stereocenters. The molecule has 2 rings (SSSR count). The number of nitrogens with zero attached hydrogens (tertiary/aromatic N) is 4. The van der Waals surface area contributed by atoms with Crippen LogP contribution in [0.5, 0.6) is 0 Å². The van der Waals surface area contributed by atoms with Crippen LogP contribution in [-0.2, 0) is 24.9 Å². The first-order chi connectivity index (χ1) is 10.4. The van der Waals surface area contributed by atoms with Crippen LogP contribution in [0.1, 0.15) is 35.1 Å². The van der Waals surface area contributed by atoms with Gasteiger partial charge in [0.15, 0.2) is 0 Å². The standard InChI is InChI=1S/C16H23N5O/c1-6-21-12(3)14(9-18-21)7-8-16(22)17-10-15-11(2)19-20(5)13(15)4/h7-9H,6,10H2,1-5H3,(H,17,22)/b8-7+. The molecule has 0 unspecified atom stereocenters. The molecule has 0 saturated heterocycles. The predicted octanol–water partition coefficient (Wildman–Crippen LogP) is 1.89. The molecule has 0 spiro atoms. The van der Waals surface area contributed by atoms with Crippen molar-refractivity contribution in [1.29, 1.82) is 0 Å². The summed E-state index contributed by atoms with van der Waals surface area (Å²) in [6, 6.07) is 0. The normalized spacial score (nSPS) is 11.3. The molecule has 118 valence electrons. The average molecular weight is 301 g/mol. The van der Waals surface area contributed by atoms with Crippen molar-refractivity contribution >= 4 is 12.0 Å². The Morgan fingerprint density at radius 1 is 1.32 bits per heavy atom. The molecule has 6 nitrogen and oxygen atoms in total. The summed E-state index contributed by atoms with van der Waals surface area (Å²) in [6.45, 7) is 9.30. The Balaban J connectivity index is 1.98. The summed E-state index contributed by atoms with van der Waals surface area (Å²) in [4.78, 5) is 12.0. The van der Waals surface area contributed by atoms with Crippen LogP contribution in [0, 0.1) is 20.8 Å². The molecule has 1 amide bonds. The zero-order valence-corrected chi connectivity index (χ0v) is 13.8. The van der Waals surface area contributed by atoms with Crippen molar-refractivity contribution in [2.45, 2.75) is 40.8 Å². The lowest BCUT2D eigenvalue weighted by atomic mass is 10.2. The van der Waals surface area contributed by atoms with Crippen molar-refractivity contribution in [3.63, 3.8) is 0 Å². The Hall–Kier alpha value is -2.37. The molecule has 0 saturated carbocycles. The first kappa shape index (κ1) is 16.0. The number of carbonyl (C=O) groups is 1. The maximum Gasteiger partial charge on any atom is 0.244 e. The van der Waals surface area contributed by atoms with Crippen molar-refractivity contribution in [2.24, 2.45) is 7.05 Å². The van der Waals surface area contributed by atoms with Gasteiger partial charge in [0.25, 0.3) is 0 Å². The van der Waals surface area contributed by atoms with Gasteiger partial charge in [-0.1, -0.05) is 0 Å². The van der Waals surface area contributed by atoms with Crippen molar-refractivity contribution < 1.29 is 4.79 Å². The second-order valence-electron chi connectivity index (χ2n) is 5.33. The number of amides is 1. The smallest absolute Gasteiger partial charge is 0.244 e. The van der Waals surface area contributed by atoms with E-state index in [9.17, 15) is 4.79 Å². The van der Waals surface area contributed by atoms with E-state index in [1.807, 2.05) is 44.1 Å².